The van der Waals surface area contributed by atoms with Crippen LogP contribution in [0, 0.1) is 0 Å². The molecule has 1 aliphatic heterocycles. The first-order valence-electron chi connectivity index (χ1n) is 6.77. The molecule has 104 valence electrons. The molecule has 0 N–H and O–H groups in total. The van der Waals surface area contributed by atoms with Crippen molar-refractivity contribution < 1.29 is 4.74 Å². The zero-order valence-electron chi connectivity index (χ0n) is 11.7. The van der Waals surface area contributed by atoms with Crippen LogP contribution in [0.25, 0.3) is 0 Å². The van der Waals surface area contributed by atoms with Crippen LogP contribution in [0.15, 0.2) is 47.5 Å². The zero-order valence-corrected chi connectivity index (χ0v) is 12.6. The van der Waals surface area contributed by atoms with Crippen molar-refractivity contribution in [1.29, 1.82) is 0 Å². The molecule has 4 heteroatoms. The van der Waals surface area contributed by atoms with Gasteiger partial charge in [-0.1, -0.05) is 30.3 Å². The Kier molecular flexibility index (Phi) is 3.83. The van der Waals surface area contributed by atoms with Crippen LogP contribution in [-0.4, -0.2) is 24.7 Å². The summed E-state index contributed by atoms with van der Waals surface area (Å²) in [5, 5.41) is 0. The molecule has 2 heterocycles. The summed E-state index contributed by atoms with van der Waals surface area (Å²) >= 11 is 1.80. The van der Waals surface area contributed by atoms with E-state index in [1.807, 2.05) is 12.3 Å². The van der Waals surface area contributed by atoms with Crippen LogP contribution in [0.1, 0.15) is 12.5 Å². The largest absolute Gasteiger partial charge is 0.471 e. The number of ether oxygens (including phenoxy) is 1. The number of rotatable bonds is 3. The molecule has 1 aromatic carbocycles. The predicted octanol–water partition coefficient (Wildman–Crippen LogP) is 3.59. The molecule has 3 nitrogen and oxygen atoms in total. The van der Waals surface area contributed by atoms with E-state index in [1.54, 1.807) is 11.8 Å². The van der Waals surface area contributed by atoms with Gasteiger partial charge in [0.05, 0.1) is 6.54 Å². The molecule has 2 aromatic rings. The van der Waals surface area contributed by atoms with Crippen LogP contribution in [0.2, 0.25) is 0 Å². The lowest BCUT2D eigenvalue weighted by molar-refractivity contribution is 0.206. The van der Waals surface area contributed by atoms with E-state index in [0.29, 0.717) is 0 Å². The van der Waals surface area contributed by atoms with Gasteiger partial charge >= 0.3 is 0 Å². The Labute approximate surface area is 124 Å². The lowest BCUT2D eigenvalue weighted by Crippen LogP contribution is -2.36. The molecule has 1 unspecified atom stereocenters. The Bertz CT molecular complexity index is 588. The summed E-state index contributed by atoms with van der Waals surface area (Å²) in [7, 11) is 2.09. The molecule has 1 aliphatic rings. The molecule has 3 rings (SSSR count). The highest BCUT2D eigenvalue weighted by molar-refractivity contribution is 7.98. The fraction of sp³-hybridized carbons (Fsp3) is 0.312. The molecule has 0 aliphatic carbocycles. The second-order valence-electron chi connectivity index (χ2n) is 5.08. The maximum Gasteiger partial charge on any atom is 0.237 e. The lowest BCUT2D eigenvalue weighted by Gasteiger charge is -2.31. The summed E-state index contributed by atoms with van der Waals surface area (Å²) in [4.78, 5) is 7.84. The summed E-state index contributed by atoms with van der Waals surface area (Å²) in [6, 6.07) is 12.7. The van der Waals surface area contributed by atoms with E-state index in [0.717, 1.165) is 23.9 Å². The van der Waals surface area contributed by atoms with Gasteiger partial charge in [0, 0.05) is 23.9 Å². The average molecular weight is 286 g/mol. The van der Waals surface area contributed by atoms with Crippen LogP contribution in [0.5, 0.6) is 5.88 Å². The standard InChI is InChI=1S/C16H18N2OS/c1-12-10-18(2)15-8-14(9-17-16(15)19-12)20-11-13-6-4-3-5-7-13/h3-9,12H,10-11H2,1-2H3. The number of pyridine rings is 1. The normalized spacial score (nSPS) is 17.5. The molecule has 1 aromatic heterocycles. The van der Waals surface area contributed by atoms with Crippen molar-refractivity contribution >= 4 is 17.4 Å². The SMILES string of the molecule is CC1CN(C)c2cc(SCc3ccccc3)cnc2O1. The predicted molar refractivity (Wildman–Crippen MR) is 83.6 cm³/mol. The molecular weight excluding hydrogens is 268 g/mol. The summed E-state index contributed by atoms with van der Waals surface area (Å²) in [6.07, 6.45) is 2.10. The first kappa shape index (κ1) is 13.3. The molecule has 0 spiro atoms. The third-order valence-corrected chi connectivity index (χ3v) is 4.34. The number of aromatic nitrogens is 1. The molecule has 0 fully saturated rings. The van der Waals surface area contributed by atoms with Gasteiger partial charge in [0.15, 0.2) is 0 Å². The highest BCUT2D eigenvalue weighted by Crippen LogP contribution is 2.34. The fourth-order valence-electron chi connectivity index (χ4n) is 2.32. The molecule has 0 saturated heterocycles. The second-order valence-corrected chi connectivity index (χ2v) is 6.13. The van der Waals surface area contributed by atoms with Crippen LogP contribution < -0.4 is 9.64 Å². The van der Waals surface area contributed by atoms with E-state index >= 15 is 0 Å². The Morgan fingerprint density at radius 2 is 2.15 bits per heavy atom. The van der Waals surface area contributed by atoms with Crippen LogP contribution >= 0.6 is 11.8 Å². The summed E-state index contributed by atoms with van der Waals surface area (Å²) in [5.74, 6) is 1.71. The first-order valence-corrected chi connectivity index (χ1v) is 7.75. The Morgan fingerprint density at radius 3 is 2.95 bits per heavy atom. The van der Waals surface area contributed by atoms with Gasteiger partial charge in [0.1, 0.15) is 11.8 Å². The van der Waals surface area contributed by atoms with Crippen molar-refractivity contribution in [3.8, 4) is 5.88 Å². The summed E-state index contributed by atoms with van der Waals surface area (Å²) in [5.41, 5.74) is 2.41. The van der Waals surface area contributed by atoms with Gasteiger partial charge in [-0.2, -0.15) is 0 Å². The van der Waals surface area contributed by atoms with Gasteiger partial charge in [0.2, 0.25) is 5.88 Å². The van der Waals surface area contributed by atoms with Crippen molar-refractivity contribution in [3.63, 3.8) is 0 Å². The number of hydrogen-bond donors (Lipinski definition) is 0. The Morgan fingerprint density at radius 1 is 1.35 bits per heavy atom. The number of fused-ring (bicyclic) bond motifs is 1. The number of thioether (sulfide) groups is 1. The summed E-state index contributed by atoms with van der Waals surface area (Å²) < 4.78 is 5.76. The monoisotopic (exact) mass is 286 g/mol. The number of hydrogen-bond acceptors (Lipinski definition) is 4. The van der Waals surface area contributed by atoms with E-state index in [4.69, 9.17) is 4.74 Å². The fourth-order valence-corrected chi connectivity index (χ4v) is 3.17. The minimum atomic E-state index is 0.197. The molecule has 0 amide bonds. The van der Waals surface area contributed by atoms with E-state index in [1.165, 1.54) is 10.5 Å². The third kappa shape index (κ3) is 2.90. The minimum Gasteiger partial charge on any atom is -0.471 e. The topological polar surface area (TPSA) is 25.4 Å². The van der Waals surface area contributed by atoms with Gasteiger partial charge in [-0.05, 0) is 18.6 Å². The van der Waals surface area contributed by atoms with E-state index in [2.05, 4.69) is 54.2 Å². The maximum absolute atomic E-state index is 5.76. The molecular formula is C16H18N2OS. The number of likely N-dealkylation sites (N-methyl/N-ethyl adjacent to an activating group) is 1. The van der Waals surface area contributed by atoms with Crippen LogP contribution in [-0.2, 0) is 5.75 Å². The molecule has 0 radical (unpaired) electrons. The molecule has 0 bridgehead atoms. The van der Waals surface area contributed by atoms with Crippen molar-refractivity contribution in [3.05, 3.63) is 48.2 Å². The van der Waals surface area contributed by atoms with Crippen molar-refractivity contribution in [1.82, 2.24) is 4.98 Å². The highest BCUT2D eigenvalue weighted by atomic mass is 32.2. The highest BCUT2D eigenvalue weighted by Gasteiger charge is 2.21. The van der Waals surface area contributed by atoms with Gasteiger partial charge < -0.3 is 9.64 Å². The third-order valence-electron chi connectivity index (χ3n) is 3.31. The van der Waals surface area contributed by atoms with Gasteiger partial charge in [0.25, 0.3) is 0 Å². The quantitative estimate of drug-likeness (QED) is 0.805. The molecule has 0 saturated carbocycles. The van der Waals surface area contributed by atoms with Gasteiger partial charge in [-0.25, -0.2) is 4.98 Å². The molecule has 20 heavy (non-hydrogen) atoms. The van der Waals surface area contributed by atoms with Crippen molar-refractivity contribution in [2.24, 2.45) is 0 Å². The van der Waals surface area contributed by atoms with Crippen LogP contribution in [0.4, 0.5) is 5.69 Å². The van der Waals surface area contributed by atoms with Gasteiger partial charge in [-0.15, -0.1) is 11.8 Å². The first-order chi connectivity index (χ1) is 9.72. The second kappa shape index (κ2) is 5.75. The maximum atomic E-state index is 5.76. The summed E-state index contributed by atoms with van der Waals surface area (Å²) in [6.45, 7) is 2.97. The smallest absolute Gasteiger partial charge is 0.237 e. The number of nitrogens with zero attached hydrogens (tertiary/aromatic N) is 2. The minimum absolute atomic E-state index is 0.197. The van der Waals surface area contributed by atoms with Gasteiger partial charge in [-0.3, -0.25) is 0 Å². The Hall–Kier alpha value is -1.68. The van der Waals surface area contributed by atoms with E-state index in [-0.39, 0.29) is 6.10 Å². The average Bonchev–Trinajstić information content (AvgIpc) is 2.46. The number of benzene rings is 1. The molecule has 1 atom stereocenters. The Balaban J connectivity index is 1.74. The van der Waals surface area contributed by atoms with E-state index < -0.39 is 0 Å². The van der Waals surface area contributed by atoms with Crippen LogP contribution in [0.3, 0.4) is 0 Å². The van der Waals surface area contributed by atoms with Crippen molar-refractivity contribution in [2.45, 2.75) is 23.7 Å². The van der Waals surface area contributed by atoms with E-state index in [9.17, 15) is 0 Å². The number of anilines is 1. The van der Waals surface area contributed by atoms with Crippen molar-refractivity contribution in [2.75, 3.05) is 18.5 Å². The zero-order chi connectivity index (χ0) is 13.9. The lowest BCUT2D eigenvalue weighted by atomic mass is 10.2.